The summed E-state index contributed by atoms with van der Waals surface area (Å²) in [6, 6.07) is 18.8. The topological polar surface area (TPSA) is 134 Å². The molecule has 2 aromatic carbocycles. The van der Waals surface area contributed by atoms with Gasteiger partial charge in [-0.05, 0) is 18.1 Å². The first-order chi connectivity index (χ1) is 22.1. The number of ether oxygens (including phenoxy) is 9. The summed E-state index contributed by atoms with van der Waals surface area (Å²) in [5.74, 6) is -2.19. The van der Waals surface area contributed by atoms with Gasteiger partial charge in [-0.3, -0.25) is 9.59 Å². The predicted molar refractivity (Wildman–Crippen MR) is 162 cm³/mol. The van der Waals surface area contributed by atoms with Crippen molar-refractivity contribution in [2.75, 3.05) is 20.8 Å². The van der Waals surface area contributed by atoms with Gasteiger partial charge in [0.1, 0.15) is 37.6 Å². The van der Waals surface area contributed by atoms with Gasteiger partial charge >= 0.3 is 17.9 Å². The fourth-order valence-corrected chi connectivity index (χ4v) is 5.83. The summed E-state index contributed by atoms with van der Waals surface area (Å²) in [6.45, 7) is 6.19. The van der Waals surface area contributed by atoms with Crippen LogP contribution in [0, 0.1) is 5.92 Å². The molecular formula is C34H44O12. The molecule has 2 heterocycles. The van der Waals surface area contributed by atoms with Crippen molar-refractivity contribution in [3.63, 3.8) is 0 Å². The molecule has 0 N–H and O–H groups in total. The van der Waals surface area contributed by atoms with E-state index in [1.807, 2.05) is 60.7 Å². The van der Waals surface area contributed by atoms with Crippen molar-refractivity contribution < 1.29 is 57.0 Å². The van der Waals surface area contributed by atoms with Gasteiger partial charge in [-0.1, -0.05) is 67.6 Å². The van der Waals surface area contributed by atoms with Crippen molar-refractivity contribution in [2.45, 2.75) is 96.0 Å². The summed E-state index contributed by atoms with van der Waals surface area (Å²) in [5, 5.41) is 0. The highest BCUT2D eigenvalue weighted by Gasteiger charge is 2.54. The maximum absolute atomic E-state index is 13.4. The van der Waals surface area contributed by atoms with Crippen molar-refractivity contribution in [3.05, 3.63) is 71.8 Å². The van der Waals surface area contributed by atoms with Crippen LogP contribution in [0.15, 0.2) is 60.7 Å². The number of carbonyl (C=O) groups excluding carboxylic acids is 3. The fourth-order valence-electron chi connectivity index (χ4n) is 5.83. The van der Waals surface area contributed by atoms with Gasteiger partial charge in [0.25, 0.3) is 0 Å². The highest BCUT2D eigenvalue weighted by atomic mass is 16.7. The van der Waals surface area contributed by atoms with Gasteiger partial charge in [0, 0.05) is 34.0 Å². The van der Waals surface area contributed by atoms with Crippen LogP contribution in [-0.2, 0) is 70.2 Å². The van der Waals surface area contributed by atoms with E-state index in [1.54, 1.807) is 13.8 Å². The zero-order valence-electron chi connectivity index (χ0n) is 27.1. The third kappa shape index (κ3) is 9.11. The first kappa shape index (κ1) is 35.5. The Kier molecular flexibility index (Phi) is 13.1. The average molecular weight is 645 g/mol. The van der Waals surface area contributed by atoms with E-state index in [9.17, 15) is 14.4 Å². The van der Waals surface area contributed by atoms with Crippen LogP contribution in [0.5, 0.6) is 0 Å². The first-order valence-corrected chi connectivity index (χ1v) is 15.3. The molecule has 2 fully saturated rings. The molecule has 12 nitrogen and oxygen atoms in total. The van der Waals surface area contributed by atoms with E-state index in [4.69, 9.17) is 42.6 Å². The van der Waals surface area contributed by atoms with Crippen LogP contribution in [0.3, 0.4) is 0 Å². The van der Waals surface area contributed by atoms with Gasteiger partial charge in [0.2, 0.25) is 0 Å². The van der Waals surface area contributed by atoms with E-state index in [1.165, 1.54) is 28.1 Å². The molecule has 0 spiro atoms. The normalized spacial score (nSPS) is 31.1. The van der Waals surface area contributed by atoms with E-state index < -0.39 is 78.9 Å². The maximum atomic E-state index is 13.4. The molecule has 2 aliphatic heterocycles. The monoisotopic (exact) mass is 644 g/mol. The largest absolute Gasteiger partial charge is 0.463 e. The van der Waals surface area contributed by atoms with Gasteiger partial charge in [-0.15, -0.1) is 0 Å². The van der Waals surface area contributed by atoms with E-state index in [2.05, 4.69) is 0 Å². The molecule has 2 aliphatic rings. The lowest BCUT2D eigenvalue weighted by molar-refractivity contribution is -0.338. The number of rotatable bonds is 13. The van der Waals surface area contributed by atoms with E-state index in [-0.39, 0.29) is 19.8 Å². The predicted octanol–water partition coefficient (Wildman–Crippen LogP) is 3.37. The Morgan fingerprint density at radius 2 is 1.30 bits per heavy atom. The van der Waals surface area contributed by atoms with Gasteiger partial charge in [0.15, 0.2) is 18.5 Å². The second-order valence-electron chi connectivity index (χ2n) is 11.4. The van der Waals surface area contributed by atoms with Crippen molar-refractivity contribution in [1.82, 2.24) is 0 Å². The Bertz CT molecular complexity index is 1260. The lowest BCUT2D eigenvalue weighted by atomic mass is 9.89. The van der Waals surface area contributed by atoms with E-state index in [0.29, 0.717) is 0 Å². The SMILES string of the molecule is COC1[C@H](O[C@H]2C(OC(C)=O)C(OCc3ccccc3)C(C)O[C@H]2COC(C)=O)OC(C(=O)OCc2ccccc2)[C@@H](C)[C@H]1OC. The lowest BCUT2D eigenvalue weighted by Crippen LogP contribution is -2.65. The first-order valence-electron chi connectivity index (χ1n) is 15.3. The Labute approximate surface area is 269 Å². The number of hydrogen-bond acceptors (Lipinski definition) is 12. The summed E-state index contributed by atoms with van der Waals surface area (Å²) < 4.78 is 53.7. The smallest absolute Gasteiger partial charge is 0.336 e. The lowest BCUT2D eigenvalue weighted by Gasteiger charge is -2.48. The minimum atomic E-state index is -1.21. The summed E-state index contributed by atoms with van der Waals surface area (Å²) >= 11 is 0. The third-order valence-corrected chi connectivity index (χ3v) is 8.06. The molecule has 10 atom stereocenters. The minimum Gasteiger partial charge on any atom is -0.463 e. The Hall–Kier alpha value is -3.39. The molecule has 5 unspecified atom stereocenters. The Morgan fingerprint density at radius 1 is 0.696 bits per heavy atom. The van der Waals surface area contributed by atoms with Crippen LogP contribution in [0.2, 0.25) is 0 Å². The minimum absolute atomic E-state index is 0.0525. The highest BCUT2D eigenvalue weighted by Crippen LogP contribution is 2.36. The molecular weight excluding hydrogens is 600 g/mol. The summed E-state index contributed by atoms with van der Waals surface area (Å²) in [4.78, 5) is 37.6. The van der Waals surface area contributed by atoms with Crippen LogP contribution < -0.4 is 0 Å². The van der Waals surface area contributed by atoms with Crippen LogP contribution in [0.4, 0.5) is 0 Å². The molecule has 2 saturated heterocycles. The number of benzene rings is 2. The quantitative estimate of drug-likeness (QED) is 0.234. The van der Waals surface area contributed by atoms with Gasteiger partial charge < -0.3 is 42.6 Å². The zero-order chi connectivity index (χ0) is 33.2. The second kappa shape index (κ2) is 17.0. The number of carbonyl (C=O) groups is 3. The molecule has 46 heavy (non-hydrogen) atoms. The molecule has 4 rings (SSSR count). The van der Waals surface area contributed by atoms with Crippen LogP contribution in [0.1, 0.15) is 38.8 Å². The summed E-state index contributed by atoms with van der Waals surface area (Å²) in [7, 11) is 2.98. The number of hydrogen-bond donors (Lipinski definition) is 0. The molecule has 0 aliphatic carbocycles. The number of esters is 3. The molecule has 0 bridgehead atoms. The van der Waals surface area contributed by atoms with E-state index >= 15 is 0 Å². The van der Waals surface area contributed by atoms with Crippen LogP contribution >= 0.6 is 0 Å². The van der Waals surface area contributed by atoms with Crippen LogP contribution in [-0.4, -0.2) is 93.9 Å². The summed E-state index contributed by atoms with van der Waals surface area (Å²) in [6.07, 6.45) is -8.12. The Morgan fingerprint density at radius 3 is 1.87 bits per heavy atom. The maximum Gasteiger partial charge on any atom is 0.336 e. The second-order valence-corrected chi connectivity index (χ2v) is 11.4. The van der Waals surface area contributed by atoms with Crippen molar-refractivity contribution in [3.8, 4) is 0 Å². The fraction of sp³-hybridized carbons (Fsp3) is 0.559. The molecule has 0 saturated carbocycles. The van der Waals surface area contributed by atoms with Crippen molar-refractivity contribution >= 4 is 17.9 Å². The standard InChI is InChI=1S/C34H44O12/c1-20-27(38-5)32(39-6)34(45-28(20)33(37)42-18-25-15-11-8-12-16-25)46-30-26(19-40-22(3)35)43-21(2)29(31(30)44-23(4)36)41-17-24-13-9-7-10-14-24/h7-16,20-21,26-32,34H,17-19H2,1-6H3/t20-,21?,26-,27+,28?,29?,30+,31?,32?,34-/m0/s1. The van der Waals surface area contributed by atoms with Crippen molar-refractivity contribution in [1.29, 1.82) is 0 Å². The molecule has 12 heteroatoms. The average Bonchev–Trinajstić information content (AvgIpc) is 3.04. The van der Waals surface area contributed by atoms with Gasteiger partial charge in [-0.2, -0.15) is 0 Å². The zero-order valence-corrected chi connectivity index (χ0v) is 27.1. The summed E-state index contributed by atoms with van der Waals surface area (Å²) in [5.41, 5.74) is 1.72. The number of methoxy groups -OCH3 is 2. The molecule has 252 valence electrons. The van der Waals surface area contributed by atoms with Gasteiger partial charge in [0.05, 0.1) is 18.8 Å². The third-order valence-electron chi connectivity index (χ3n) is 8.06. The molecule has 0 aromatic heterocycles. The van der Waals surface area contributed by atoms with E-state index in [0.717, 1.165) is 11.1 Å². The van der Waals surface area contributed by atoms with Crippen LogP contribution in [0.25, 0.3) is 0 Å². The highest BCUT2D eigenvalue weighted by molar-refractivity contribution is 5.75. The molecule has 0 amide bonds. The molecule has 0 radical (unpaired) electrons. The Balaban J connectivity index is 1.62. The van der Waals surface area contributed by atoms with Gasteiger partial charge in [-0.25, -0.2) is 4.79 Å². The van der Waals surface area contributed by atoms with Crippen molar-refractivity contribution in [2.24, 2.45) is 5.92 Å². The molecule has 2 aromatic rings.